The second-order valence-corrected chi connectivity index (χ2v) is 7.33. The summed E-state index contributed by atoms with van der Waals surface area (Å²) in [6.45, 7) is 7.39. The van der Waals surface area contributed by atoms with Gasteiger partial charge in [0.25, 0.3) is 5.82 Å². The van der Waals surface area contributed by atoms with E-state index in [0.717, 1.165) is 43.3 Å². The minimum atomic E-state index is -0.462. The van der Waals surface area contributed by atoms with E-state index in [0.29, 0.717) is 0 Å². The molecule has 0 aromatic carbocycles. The van der Waals surface area contributed by atoms with Gasteiger partial charge in [0.2, 0.25) is 0 Å². The van der Waals surface area contributed by atoms with Gasteiger partial charge < -0.3 is 14.5 Å². The molecule has 1 aromatic rings. The molecule has 3 rings (SSSR count). The number of quaternary nitrogens is 1. The first-order valence-electron chi connectivity index (χ1n) is 8.43. The number of carbonyl (C=O) groups excluding carboxylic acids is 1. The lowest BCUT2D eigenvalue weighted by Crippen LogP contribution is -2.70. The van der Waals surface area contributed by atoms with E-state index in [9.17, 15) is 4.79 Å². The fourth-order valence-corrected chi connectivity index (χ4v) is 3.00. The number of piperidine rings is 1. The van der Waals surface area contributed by atoms with Crippen molar-refractivity contribution in [2.45, 2.75) is 45.3 Å². The van der Waals surface area contributed by atoms with Crippen LogP contribution in [0.25, 0.3) is 6.08 Å². The van der Waals surface area contributed by atoms with E-state index >= 15 is 0 Å². The number of fused-ring (bicyclic) bond motifs is 1. The summed E-state index contributed by atoms with van der Waals surface area (Å²) >= 11 is 0. The Morgan fingerprint density at radius 2 is 2.08 bits per heavy atom. The van der Waals surface area contributed by atoms with Crippen LogP contribution in [0.3, 0.4) is 0 Å². The fraction of sp³-hybridized carbons (Fsp3) is 0.588. The zero-order valence-electron chi connectivity index (χ0n) is 14.8. The molecule has 1 aromatic heterocycles. The number of rotatable bonds is 2. The largest absolute Gasteiger partial charge is 0.444 e. The lowest BCUT2D eigenvalue weighted by molar-refractivity contribution is -0.495. The second-order valence-electron chi connectivity index (χ2n) is 7.33. The maximum absolute atomic E-state index is 12.2. The van der Waals surface area contributed by atoms with Gasteiger partial charge in [-0.05, 0) is 33.6 Å². The molecule has 0 atom stereocenters. The Labute approximate surface area is 142 Å². The number of hydrogen-bond donors (Lipinski definition) is 1. The van der Waals surface area contributed by atoms with Crippen molar-refractivity contribution in [1.29, 1.82) is 0 Å². The van der Waals surface area contributed by atoms with Crippen LogP contribution in [-0.2, 0) is 4.74 Å². The summed E-state index contributed by atoms with van der Waals surface area (Å²) in [6.07, 6.45) is 7.33. The van der Waals surface area contributed by atoms with E-state index in [1.807, 2.05) is 51.6 Å². The topological polar surface area (TPSA) is 75.2 Å². The molecule has 0 saturated carbocycles. The predicted octanol–water partition coefficient (Wildman–Crippen LogP) is 1.49. The lowest BCUT2D eigenvalue weighted by Gasteiger charge is -2.37. The summed E-state index contributed by atoms with van der Waals surface area (Å²) < 4.78 is 5.45. The van der Waals surface area contributed by atoms with Crippen LogP contribution in [0.4, 0.5) is 16.4 Å². The van der Waals surface area contributed by atoms with Gasteiger partial charge >= 0.3 is 6.09 Å². The average Bonchev–Trinajstić information content (AvgIpc) is 3.00. The van der Waals surface area contributed by atoms with Crippen molar-refractivity contribution in [3.05, 3.63) is 18.1 Å². The quantitative estimate of drug-likeness (QED) is 0.888. The Morgan fingerprint density at radius 1 is 1.38 bits per heavy atom. The van der Waals surface area contributed by atoms with Gasteiger partial charge in [0.1, 0.15) is 17.6 Å². The summed E-state index contributed by atoms with van der Waals surface area (Å²) in [7, 11) is 1.82. The lowest BCUT2D eigenvalue weighted by atomic mass is 10.0. The molecule has 1 amide bonds. The van der Waals surface area contributed by atoms with E-state index < -0.39 is 5.60 Å². The molecule has 130 valence electrons. The molecule has 2 aliphatic heterocycles. The molecule has 0 aliphatic carbocycles. The van der Waals surface area contributed by atoms with Gasteiger partial charge in [-0.15, -0.1) is 0 Å². The average molecular weight is 332 g/mol. The summed E-state index contributed by atoms with van der Waals surface area (Å²) in [5.41, 5.74) is 0.469. The van der Waals surface area contributed by atoms with Gasteiger partial charge in [-0.25, -0.2) is 9.78 Å². The number of nitrogens with two attached hydrogens (primary N) is 1. The molecule has 2 N–H and O–H groups in total. The number of amides is 1. The van der Waals surface area contributed by atoms with E-state index in [1.165, 1.54) is 0 Å². The monoisotopic (exact) mass is 332 g/mol. The van der Waals surface area contributed by atoms with E-state index in [-0.39, 0.29) is 12.1 Å². The van der Waals surface area contributed by atoms with Crippen LogP contribution in [-0.4, -0.2) is 52.7 Å². The molecule has 0 unspecified atom stereocenters. The Bertz CT molecular complexity index is 645. The van der Waals surface area contributed by atoms with Crippen molar-refractivity contribution in [2.75, 3.05) is 25.0 Å². The molecule has 0 bridgehead atoms. The number of carbonyl (C=O) groups is 1. The first-order valence-corrected chi connectivity index (χ1v) is 8.43. The molecule has 1 saturated heterocycles. The molecule has 24 heavy (non-hydrogen) atoms. The maximum Gasteiger partial charge on any atom is 0.410 e. The van der Waals surface area contributed by atoms with Gasteiger partial charge in [0, 0.05) is 32.3 Å². The normalized spacial score (nSPS) is 17.8. The van der Waals surface area contributed by atoms with Crippen molar-refractivity contribution in [3.63, 3.8) is 0 Å². The Hall–Kier alpha value is -2.15. The van der Waals surface area contributed by atoms with Crippen LogP contribution in [0.5, 0.6) is 0 Å². The number of aromatic nitrogens is 2. The van der Waals surface area contributed by atoms with Crippen LogP contribution in [0.2, 0.25) is 0 Å². The third-order valence-corrected chi connectivity index (χ3v) is 4.34. The standard InChI is InChI=1S/C17H25N5O2/c1-17(2,3)24-16(23)21(4)12-6-9-22(10-7-12)14-11-19-15-13(20-14)5-8-18-15/h5,8,11-12H,6-7,9-10H2,1-4H3,(H,18,19)/p+1. The zero-order chi connectivity index (χ0) is 17.3. The van der Waals surface area contributed by atoms with Gasteiger partial charge in [0.15, 0.2) is 5.69 Å². The second kappa shape index (κ2) is 6.39. The summed E-state index contributed by atoms with van der Waals surface area (Å²) in [5.74, 6) is 1.84. The molecule has 1 fully saturated rings. The van der Waals surface area contributed by atoms with Gasteiger partial charge in [-0.3, -0.25) is 5.32 Å². The minimum Gasteiger partial charge on any atom is -0.444 e. The Kier molecular flexibility index (Phi) is 4.45. The third kappa shape index (κ3) is 3.67. The SMILES string of the molecule is CN(C(=O)OC(C)(C)C)C1CCN(c2cnc3c(n2)C=C[NH2+]3)CC1. The number of anilines is 1. The van der Waals surface area contributed by atoms with Crippen LogP contribution in [0, 0.1) is 0 Å². The highest BCUT2D eigenvalue weighted by atomic mass is 16.6. The van der Waals surface area contributed by atoms with Crippen molar-refractivity contribution in [2.24, 2.45) is 0 Å². The fourth-order valence-electron chi connectivity index (χ4n) is 3.00. The van der Waals surface area contributed by atoms with E-state index in [2.05, 4.69) is 14.9 Å². The van der Waals surface area contributed by atoms with E-state index in [4.69, 9.17) is 4.74 Å². The molecule has 7 nitrogen and oxygen atoms in total. The van der Waals surface area contributed by atoms with Crippen LogP contribution in [0.1, 0.15) is 39.3 Å². The molecular weight excluding hydrogens is 306 g/mol. The van der Waals surface area contributed by atoms with Crippen molar-refractivity contribution >= 4 is 23.8 Å². The summed E-state index contributed by atoms with van der Waals surface area (Å²) in [4.78, 5) is 25.3. The van der Waals surface area contributed by atoms with Gasteiger partial charge in [-0.1, -0.05) is 0 Å². The Morgan fingerprint density at radius 3 is 2.75 bits per heavy atom. The van der Waals surface area contributed by atoms with Crippen molar-refractivity contribution < 1.29 is 14.8 Å². The smallest absolute Gasteiger partial charge is 0.410 e. The first-order chi connectivity index (χ1) is 11.3. The minimum absolute atomic E-state index is 0.201. The zero-order valence-corrected chi connectivity index (χ0v) is 14.8. The van der Waals surface area contributed by atoms with E-state index in [1.54, 1.807) is 4.90 Å². The first kappa shape index (κ1) is 16.7. The van der Waals surface area contributed by atoms with Crippen molar-refractivity contribution in [3.8, 4) is 0 Å². The maximum atomic E-state index is 12.2. The molecule has 7 heteroatoms. The van der Waals surface area contributed by atoms with Crippen LogP contribution in [0.15, 0.2) is 12.4 Å². The highest BCUT2D eigenvalue weighted by Gasteiger charge is 2.29. The number of ether oxygens (including phenoxy) is 1. The van der Waals surface area contributed by atoms with Crippen LogP contribution >= 0.6 is 0 Å². The van der Waals surface area contributed by atoms with Crippen molar-refractivity contribution in [1.82, 2.24) is 14.9 Å². The van der Waals surface area contributed by atoms with Crippen LogP contribution < -0.4 is 10.2 Å². The predicted molar refractivity (Wildman–Crippen MR) is 91.9 cm³/mol. The number of hydrogen-bond acceptors (Lipinski definition) is 5. The van der Waals surface area contributed by atoms with Gasteiger partial charge in [-0.2, -0.15) is 4.98 Å². The summed E-state index contributed by atoms with van der Waals surface area (Å²) in [5, 5.41) is 1.97. The van der Waals surface area contributed by atoms with Gasteiger partial charge in [0.05, 0.1) is 6.20 Å². The highest BCUT2D eigenvalue weighted by Crippen LogP contribution is 2.23. The molecule has 0 spiro atoms. The number of nitrogens with zero attached hydrogens (tertiary/aromatic N) is 4. The molecule has 0 radical (unpaired) electrons. The summed E-state index contributed by atoms with van der Waals surface area (Å²) in [6, 6.07) is 0.201. The molecule has 3 heterocycles. The highest BCUT2D eigenvalue weighted by molar-refractivity contribution is 5.68. The third-order valence-electron chi connectivity index (χ3n) is 4.34. The molecule has 2 aliphatic rings. The molecular formula is C17H26N5O2+. The Balaban J connectivity index is 1.57.